The number of esters is 6. The molecule has 0 saturated heterocycles. The Balaban J connectivity index is 0.000000342. The molecule has 0 spiro atoms. The number of thiophene rings is 4. The minimum atomic E-state index is -4.59. The van der Waals surface area contributed by atoms with Gasteiger partial charge in [0.1, 0.15) is 39.8 Å². The molecular weight excluding hydrogens is 2150 g/mol. The second kappa shape index (κ2) is 56.4. The number of ether oxygens (including phenoxy) is 12. The summed E-state index contributed by atoms with van der Waals surface area (Å²) in [6.07, 6.45) is -10.5. The first-order chi connectivity index (χ1) is 67.1. The Kier molecular flexibility index (Phi) is 49.7. The number of hydrogen-bond acceptors (Lipinski definition) is 47. The first kappa shape index (κ1) is 127. The van der Waals surface area contributed by atoms with Gasteiger partial charge in [-0.2, -0.15) is 17.2 Å². The van der Waals surface area contributed by atoms with Gasteiger partial charge in [0.2, 0.25) is 5.91 Å². The first-order valence-electron chi connectivity index (χ1n) is 44.8. The van der Waals surface area contributed by atoms with Crippen molar-refractivity contribution in [3.05, 3.63) is 46.5 Å². The molecule has 8 rings (SSSR count). The zero-order valence-electron chi connectivity index (χ0n) is 83.2. The van der Waals surface area contributed by atoms with Gasteiger partial charge < -0.3 is 83.2 Å². The van der Waals surface area contributed by atoms with Crippen molar-refractivity contribution in [3.8, 4) is 0 Å². The third-order valence-corrected chi connectivity index (χ3v) is 42.5. The molecule has 0 fully saturated rings. The van der Waals surface area contributed by atoms with Gasteiger partial charge in [-0.25, -0.2) is 115 Å². The zero-order valence-corrected chi connectivity index (χ0v) is 93.0. The average Bonchev–Trinajstić information content (AvgIpc) is 1.65. The molecule has 4 amide bonds. The van der Waals surface area contributed by atoms with Gasteiger partial charge in [0.25, 0.3) is 97.9 Å². The molecule has 0 saturated carbocycles. The predicted molar refractivity (Wildman–Crippen MR) is 518 cm³/mol. The Labute approximate surface area is 855 Å². The van der Waals surface area contributed by atoms with Gasteiger partial charge in [0.05, 0.1) is 0 Å². The van der Waals surface area contributed by atoms with Crippen molar-refractivity contribution in [2.75, 3.05) is 148 Å². The maximum Gasteiger partial charge on any atom is 0.347 e. The standard InChI is InChI=1S/C24H37N3O13S3.C22H35N3O11S3.C19H31N3O9S3.C16H27N3O6S3/c1-7-25-18-12-27(9-8-10-37-6)43(35,36)24-17(18)11-19(41-24)42(33,34)26-20(29)14(3)38-22(31)16(5)40-23(32)15(4)39-21(30)13(2)28;1-7-23-17-12-25(9-8-10-33-5)39(31,32)22-16(17)11-18(37-22)38(29,30)24-19(26)13(2)35-21(28)15(4)36-20(27)14(3)34-6;1-6-20-15-11-22(8-7-9-29-4)34(27,28)19-14(15)10-16(32-19)33(25,26)21-17(23)12(2)31-18(24)13(3)30-5;1-5-17-13-10-19(7-6-8-25-4)28(23,24)16-12(13)9-14(26-16)27(21,22)18-15(20)11(2)3/h11,13-16,18,25,28H,7-10,12H2,1-6H3,(H,26,29);11,13-15,17,23H,7-10,12H2,1-6H3,(H,24,26);10,12-13,15,20H,6-9,11H2,1-5H3,(H,21,23);9,11,13,17H,5-8,10H2,1-4H3,(H,18,20)/t13-,14-,15-,16-,18-;13-,14-,15-,17-;12-,13-,15-;13-/m0000/s1. The van der Waals surface area contributed by atoms with Gasteiger partial charge in [-0.3, -0.25) is 19.2 Å². The summed E-state index contributed by atoms with van der Waals surface area (Å²) < 4.78 is 278. The minimum absolute atomic E-state index is 0.000474. The van der Waals surface area contributed by atoms with Crippen LogP contribution >= 0.6 is 45.3 Å². The maximum atomic E-state index is 13.3. The lowest BCUT2D eigenvalue weighted by Gasteiger charge is -2.32. The highest BCUT2D eigenvalue weighted by Gasteiger charge is 2.47. The van der Waals surface area contributed by atoms with E-state index in [1.165, 1.54) is 105 Å². The third-order valence-electron chi connectivity index (χ3n) is 21.1. The van der Waals surface area contributed by atoms with E-state index in [-0.39, 0.29) is 99.0 Å². The summed E-state index contributed by atoms with van der Waals surface area (Å²) in [6.45, 7) is 26.4. The van der Waals surface area contributed by atoms with Crippen LogP contribution in [0.1, 0.15) is 176 Å². The van der Waals surface area contributed by atoms with E-state index in [0.29, 0.717) is 135 Å². The quantitative estimate of drug-likeness (QED) is 0.0167. The number of amides is 4. The number of carbonyl (C=O) groups excluding carboxylic acids is 10. The summed E-state index contributed by atoms with van der Waals surface area (Å²) >= 11 is 2.25. The van der Waals surface area contributed by atoms with Crippen molar-refractivity contribution in [1.82, 2.24) is 57.4 Å². The highest BCUT2D eigenvalue weighted by atomic mass is 32.3. The summed E-state index contributed by atoms with van der Waals surface area (Å²) in [6, 6.07) is 3.33. The van der Waals surface area contributed by atoms with E-state index in [4.69, 9.17) is 57.2 Å². The molecule has 0 bridgehead atoms. The van der Waals surface area contributed by atoms with Crippen LogP contribution in [0.4, 0.5) is 0 Å². The van der Waals surface area contributed by atoms with Gasteiger partial charge in [-0.15, -0.1) is 45.3 Å². The Hall–Kier alpha value is -7.50. The number of hydrogen-bond donors (Lipinski definition) is 9. The number of rotatable bonds is 50. The molecule has 0 unspecified atom stereocenters. The molecule has 0 aliphatic carbocycles. The van der Waals surface area contributed by atoms with Gasteiger partial charge >= 0.3 is 35.8 Å². The molecule has 820 valence electrons. The fourth-order valence-corrected chi connectivity index (χ4v) is 32.9. The van der Waals surface area contributed by atoms with Crippen LogP contribution in [0.5, 0.6) is 0 Å². The molecule has 144 heavy (non-hydrogen) atoms. The second-order valence-electron chi connectivity index (χ2n) is 32.5. The van der Waals surface area contributed by atoms with Crippen LogP contribution in [-0.2, 0) is 185 Å². The largest absolute Gasteiger partial charge is 0.451 e. The van der Waals surface area contributed by atoms with Crippen LogP contribution in [0, 0.1) is 5.92 Å². The smallest absolute Gasteiger partial charge is 0.347 e. The van der Waals surface area contributed by atoms with Crippen LogP contribution in [0.3, 0.4) is 0 Å². The first-order valence-corrected chi connectivity index (χ1v) is 59.7. The van der Waals surface area contributed by atoms with Crippen molar-refractivity contribution >= 4 is 185 Å². The molecule has 4 aliphatic heterocycles. The minimum Gasteiger partial charge on any atom is -0.451 e. The molecule has 4 aliphatic rings. The number of likely N-dealkylation sites (N-methyl/N-ethyl adjacent to an activating group) is 4. The Morgan fingerprint density at radius 2 is 0.521 bits per heavy atom. The van der Waals surface area contributed by atoms with E-state index in [1.54, 1.807) is 25.7 Å². The summed E-state index contributed by atoms with van der Waals surface area (Å²) in [5, 5.41) is 21.9. The third kappa shape index (κ3) is 34.3. The van der Waals surface area contributed by atoms with Gasteiger partial charge in [-0.05, 0) is 138 Å². The number of sulfonamides is 8. The highest BCUT2D eigenvalue weighted by Crippen LogP contribution is 2.45. The summed E-state index contributed by atoms with van der Waals surface area (Å²) in [4.78, 5) is 121. The SMILES string of the molecule is CCN[C@H]1CN(CCCOC)S(=O)(=O)c2sc(S(=O)(=O)NC(=O)C(C)C)cc21.CCN[C@H]1CN(CCCOC)S(=O)(=O)c2sc(S(=O)(=O)NC(=O)[C@H](C)OC(=O)[C@H](C)OC(=O)[C@H](C)OC(=O)[C@H](C)O)cc21.CCN[C@H]1CN(CCCOC)S(=O)(=O)c2sc(S(=O)(=O)NC(=O)[C@H](C)OC(=O)[C@H](C)OC(=O)[C@H](C)OC)cc21.CCN[C@H]1CN(CCCOC)S(=O)(=O)c2sc(S(=O)(=O)NC(=O)[C@H](C)OC(=O)[C@H](C)OC)cc21. The molecule has 63 heteroatoms. The fraction of sp³-hybridized carbons (Fsp3) is 0.679. The molecule has 0 aromatic carbocycles. The Morgan fingerprint density at radius 1 is 0.326 bits per heavy atom. The van der Waals surface area contributed by atoms with E-state index in [9.17, 15) is 115 Å². The second-order valence-corrected chi connectivity index (χ2v) is 52.8. The van der Waals surface area contributed by atoms with E-state index < -0.39 is 223 Å². The lowest BCUT2D eigenvalue weighted by Crippen LogP contribution is -2.43. The van der Waals surface area contributed by atoms with Crippen LogP contribution in [0.25, 0.3) is 0 Å². The van der Waals surface area contributed by atoms with Gasteiger partial charge in [-0.1, -0.05) is 41.5 Å². The van der Waals surface area contributed by atoms with Crippen molar-refractivity contribution < 1.29 is 177 Å². The van der Waals surface area contributed by atoms with Crippen LogP contribution < -0.4 is 40.2 Å². The van der Waals surface area contributed by atoms with E-state index >= 15 is 0 Å². The van der Waals surface area contributed by atoms with Crippen molar-refractivity contribution in [1.29, 1.82) is 0 Å². The summed E-state index contributed by atoms with van der Waals surface area (Å²) in [5.41, 5.74) is 1.30. The Bertz CT molecular complexity index is 6080. The number of nitrogens with one attached hydrogen (secondary N) is 8. The highest BCUT2D eigenvalue weighted by molar-refractivity contribution is 7.96. The average molecular weight is 2280 g/mol. The van der Waals surface area contributed by atoms with Crippen molar-refractivity contribution in [3.63, 3.8) is 0 Å². The molecule has 0 radical (unpaired) electrons. The van der Waals surface area contributed by atoms with Crippen molar-refractivity contribution in [2.24, 2.45) is 5.92 Å². The number of carbonyl (C=O) groups is 10. The number of fused-ring (bicyclic) bond motifs is 4. The van der Waals surface area contributed by atoms with E-state index in [0.717, 1.165) is 34.6 Å². The number of aliphatic hydroxyl groups is 1. The van der Waals surface area contributed by atoms with Crippen molar-refractivity contribution in [2.45, 2.75) is 242 Å². The summed E-state index contributed by atoms with van der Waals surface area (Å²) in [7, 11) is -24.8. The number of methoxy groups -OCH3 is 6. The topological polar surface area (TPSA) is 684 Å². The molecule has 4 aromatic rings. The van der Waals surface area contributed by atoms with Crippen LogP contribution in [0.2, 0.25) is 0 Å². The van der Waals surface area contributed by atoms with Gasteiger partial charge in [0.15, 0.2) is 48.8 Å². The Morgan fingerprint density at radius 3 is 0.708 bits per heavy atom. The molecule has 4 aromatic heterocycles. The molecule has 13 atom stereocenters. The van der Waals surface area contributed by atoms with Crippen LogP contribution in [-0.4, -0.2) is 352 Å². The predicted octanol–water partition coefficient (Wildman–Crippen LogP) is 0.674. The molecule has 51 nitrogen and oxygen atoms in total. The summed E-state index contributed by atoms with van der Waals surface area (Å²) in [5.74, 6) is -10.8. The molecule has 9 N–H and O–H groups in total. The lowest BCUT2D eigenvalue weighted by molar-refractivity contribution is -0.181. The monoisotopic (exact) mass is 2280 g/mol. The fourth-order valence-electron chi connectivity index (χ4n) is 13.1. The lowest BCUT2D eigenvalue weighted by atomic mass is 10.1. The zero-order chi connectivity index (χ0) is 109. The van der Waals surface area contributed by atoms with E-state index in [1.807, 2.05) is 41.9 Å². The normalized spacial score (nSPS) is 19.5. The van der Waals surface area contributed by atoms with Gasteiger partial charge in [0, 0.05) is 174 Å². The number of aliphatic hydroxyl groups excluding tert-OH is 1. The molecule has 8 heterocycles. The number of nitrogens with zero attached hydrogens (tertiary/aromatic N) is 4. The van der Waals surface area contributed by atoms with E-state index in [2.05, 4.69) is 26.0 Å². The maximum absolute atomic E-state index is 13.3. The van der Waals surface area contributed by atoms with Crippen LogP contribution in [0.15, 0.2) is 57.9 Å². The molecular formula is C81H130N12O39S12.